The van der Waals surface area contributed by atoms with Crippen molar-refractivity contribution in [3.05, 3.63) is 54.0 Å². The molecular weight excluding hydrogens is 404 g/mol. The maximum Gasteiger partial charge on any atom is 0.146 e. The number of aryl methyl sites for hydroxylation is 2. The first-order valence-electron chi connectivity index (χ1n) is 11.0. The normalized spacial score (nSPS) is 23.2. The molecule has 0 unspecified atom stereocenters. The molecule has 1 aliphatic carbocycles. The molecule has 3 aromatic heterocycles. The van der Waals surface area contributed by atoms with Crippen molar-refractivity contribution in [1.82, 2.24) is 19.5 Å². The average Bonchev–Trinajstić information content (AvgIpc) is 3.29. The van der Waals surface area contributed by atoms with Gasteiger partial charge in [-0.1, -0.05) is 6.07 Å². The van der Waals surface area contributed by atoms with Crippen LogP contribution in [-0.4, -0.2) is 49.0 Å². The fourth-order valence-electron chi connectivity index (χ4n) is 5.03. The number of aromatic nitrogens is 4. The number of nitrogens with zero attached hydrogens (tertiary/aromatic N) is 4. The number of rotatable bonds is 5. The van der Waals surface area contributed by atoms with Crippen LogP contribution >= 0.6 is 0 Å². The van der Waals surface area contributed by atoms with E-state index >= 15 is 0 Å². The zero-order valence-corrected chi connectivity index (χ0v) is 18.2. The number of hydrogen-bond acceptors (Lipinski definition) is 7. The summed E-state index contributed by atoms with van der Waals surface area (Å²) in [4.78, 5) is 13.0. The number of nitrogen functional groups attached to an aromatic ring is 1. The van der Waals surface area contributed by atoms with Crippen molar-refractivity contribution in [1.29, 1.82) is 0 Å². The topological polar surface area (TPSA) is 122 Å². The molecule has 1 aliphatic rings. The van der Waals surface area contributed by atoms with Gasteiger partial charge in [0.2, 0.25) is 0 Å². The molecule has 166 valence electrons. The number of anilines is 2. The number of hydrogen-bond donors (Lipinski definition) is 4. The third-order valence-corrected chi connectivity index (χ3v) is 6.77. The Kier molecular flexibility index (Phi) is 5.19. The number of pyridine rings is 1. The number of benzene rings is 1. The maximum atomic E-state index is 10.8. The van der Waals surface area contributed by atoms with E-state index in [9.17, 15) is 10.2 Å². The van der Waals surface area contributed by atoms with Crippen molar-refractivity contribution in [2.24, 2.45) is 5.92 Å². The monoisotopic (exact) mass is 432 g/mol. The minimum Gasteiger partial charge on any atom is -0.390 e. The molecule has 0 radical (unpaired) electrons. The lowest BCUT2D eigenvalue weighted by molar-refractivity contribution is 0.00544. The number of fused-ring (bicyclic) bond motifs is 2. The first-order valence-corrected chi connectivity index (χ1v) is 11.0. The van der Waals surface area contributed by atoms with Gasteiger partial charge in [-0.25, -0.2) is 15.0 Å². The van der Waals surface area contributed by atoms with Gasteiger partial charge in [-0.3, -0.25) is 0 Å². The molecule has 4 aromatic rings. The summed E-state index contributed by atoms with van der Waals surface area (Å²) in [6.07, 6.45) is 4.05. The van der Waals surface area contributed by atoms with E-state index in [2.05, 4.69) is 38.5 Å². The van der Waals surface area contributed by atoms with Gasteiger partial charge in [-0.2, -0.15) is 0 Å². The van der Waals surface area contributed by atoms with Crippen LogP contribution in [0.15, 0.2) is 42.9 Å². The average molecular weight is 433 g/mol. The van der Waals surface area contributed by atoms with E-state index in [-0.39, 0.29) is 12.0 Å². The summed E-state index contributed by atoms with van der Waals surface area (Å²) in [5, 5.41) is 26.6. The zero-order valence-electron chi connectivity index (χ0n) is 18.2. The molecule has 0 bridgehead atoms. The van der Waals surface area contributed by atoms with E-state index in [0.29, 0.717) is 17.9 Å². The molecule has 0 amide bonds. The molecular formula is C24H28N6O2. The van der Waals surface area contributed by atoms with E-state index in [4.69, 9.17) is 5.73 Å². The van der Waals surface area contributed by atoms with E-state index in [1.807, 2.05) is 36.9 Å². The van der Waals surface area contributed by atoms with Crippen molar-refractivity contribution in [3.63, 3.8) is 0 Å². The van der Waals surface area contributed by atoms with Gasteiger partial charge in [0.1, 0.15) is 29.7 Å². The van der Waals surface area contributed by atoms with Crippen LogP contribution in [0.2, 0.25) is 0 Å². The van der Waals surface area contributed by atoms with E-state index < -0.39 is 12.2 Å². The van der Waals surface area contributed by atoms with Gasteiger partial charge < -0.3 is 25.8 Å². The van der Waals surface area contributed by atoms with Gasteiger partial charge >= 0.3 is 0 Å². The predicted octanol–water partition coefficient (Wildman–Crippen LogP) is 2.83. The Morgan fingerprint density at radius 1 is 1.16 bits per heavy atom. The Morgan fingerprint density at radius 2 is 2.00 bits per heavy atom. The van der Waals surface area contributed by atoms with E-state index in [1.165, 1.54) is 11.9 Å². The summed E-state index contributed by atoms with van der Waals surface area (Å²) >= 11 is 0. The summed E-state index contributed by atoms with van der Waals surface area (Å²) < 4.78 is 1.96. The lowest BCUT2D eigenvalue weighted by Crippen LogP contribution is -2.29. The molecule has 1 saturated carbocycles. The van der Waals surface area contributed by atoms with Crippen LogP contribution < -0.4 is 11.1 Å². The second-order valence-electron chi connectivity index (χ2n) is 8.73. The largest absolute Gasteiger partial charge is 0.390 e. The summed E-state index contributed by atoms with van der Waals surface area (Å²) in [5.41, 5.74) is 9.86. The lowest BCUT2D eigenvalue weighted by atomic mass is 9.95. The molecule has 1 fully saturated rings. The van der Waals surface area contributed by atoms with Gasteiger partial charge in [-0.05, 0) is 67.5 Å². The van der Waals surface area contributed by atoms with Gasteiger partial charge in [-0.15, -0.1) is 0 Å². The third-order valence-electron chi connectivity index (χ3n) is 6.77. The van der Waals surface area contributed by atoms with Crippen molar-refractivity contribution in [2.45, 2.75) is 44.4 Å². The Balaban J connectivity index is 1.34. The zero-order chi connectivity index (χ0) is 22.4. The Morgan fingerprint density at radius 3 is 2.81 bits per heavy atom. The van der Waals surface area contributed by atoms with Crippen LogP contribution in [0.3, 0.4) is 0 Å². The lowest BCUT2D eigenvalue weighted by Gasteiger charge is -2.19. The standard InChI is InChI=1S/C24H28N6O2/c1-13-11-30(24-20(13)23(25)27-12-28-24)18-10-16(21(31)22(18)32)5-3-14-4-7-17-15(9-14)6-8-19(26-2)29-17/h4,6-9,11-12,16,18,21-22,31-32H,3,5,10H2,1-2H3,(H,26,29)(H2,25,27,28)/t16-,18+,21+,22-/m0/s1. The van der Waals surface area contributed by atoms with Crippen LogP contribution in [-0.2, 0) is 6.42 Å². The summed E-state index contributed by atoms with van der Waals surface area (Å²) in [6, 6.07) is 10.1. The molecule has 0 saturated heterocycles. The fraction of sp³-hybridized carbons (Fsp3) is 0.375. The maximum absolute atomic E-state index is 10.8. The van der Waals surface area contributed by atoms with E-state index in [0.717, 1.165) is 40.5 Å². The molecule has 1 aromatic carbocycles. The van der Waals surface area contributed by atoms with Gasteiger partial charge in [0.05, 0.1) is 23.0 Å². The minimum atomic E-state index is -0.855. The van der Waals surface area contributed by atoms with Gasteiger partial charge in [0, 0.05) is 18.6 Å². The second kappa shape index (κ2) is 8.03. The summed E-state index contributed by atoms with van der Waals surface area (Å²) in [7, 11) is 1.86. The highest BCUT2D eigenvalue weighted by atomic mass is 16.3. The highest BCUT2D eigenvalue weighted by Crippen LogP contribution is 2.40. The van der Waals surface area contributed by atoms with Crippen molar-refractivity contribution >= 4 is 33.6 Å². The first kappa shape index (κ1) is 20.7. The molecule has 4 atom stereocenters. The Hall–Kier alpha value is -3.23. The van der Waals surface area contributed by atoms with Crippen LogP contribution in [0.25, 0.3) is 21.9 Å². The molecule has 0 aliphatic heterocycles. The first-order chi connectivity index (χ1) is 15.5. The van der Waals surface area contributed by atoms with Crippen LogP contribution in [0, 0.1) is 12.8 Å². The van der Waals surface area contributed by atoms with Crippen LogP contribution in [0.5, 0.6) is 0 Å². The minimum absolute atomic E-state index is 0.00701. The van der Waals surface area contributed by atoms with Gasteiger partial charge in [0.25, 0.3) is 0 Å². The smallest absolute Gasteiger partial charge is 0.146 e. The van der Waals surface area contributed by atoms with Crippen LogP contribution in [0.4, 0.5) is 11.6 Å². The molecule has 8 heteroatoms. The number of aliphatic hydroxyl groups is 2. The fourth-order valence-corrected chi connectivity index (χ4v) is 5.03. The predicted molar refractivity (Wildman–Crippen MR) is 125 cm³/mol. The molecule has 32 heavy (non-hydrogen) atoms. The number of nitrogens with one attached hydrogen (secondary N) is 1. The molecule has 5 N–H and O–H groups in total. The second-order valence-corrected chi connectivity index (χ2v) is 8.73. The SMILES string of the molecule is CNc1ccc2cc(CC[C@H]3C[C@@H](n4cc(C)c5c(N)ncnc54)[C@H](O)[C@@H]3O)ccc2n1. The third kappa shape index (κ3) is 3.45. The van der Waals surface area contributed by atoms with Gasteiger partial charge in [0.15, 0.2) is 0 Å². The summed E-state index contributed by atoms with van der Waals surface area (Å²) in [6.45, 7) is 1.96. The molecule has 0 spiro atoms. The number of nitrogens with two attached hydrogens (primary N) is 1. The highest BCUT2D eigenvalue weighted by Gasteiger charge is 2.42. The van der Waals surface area contributed by atoms with Crippen molar-refractivity contribution in [2.75, 3.05) is 18.1 Å². The van der Waals surface area contributed by atoms with Crippen molar-refractivity contribution < 1.29 is 10.2 Å². The van der Waals surface area contributed by atoms with Crippen molar-refractivity contribution in [3.8, 4) is 0 Å². The Labute approximate surface area is 186 Å². The van der Waals surface area contributed by atoms with E-state index in [1.54, 1.807) is 0 Å². The molecule has 8 nitrogen and oxygen atoms in total. The van der Waals surface area contributed by atoms with Crippen LogP contribution in [0.1, 0.15) is 30.0 Å². The number of aliphatic hydroxyl groups excluding tert-OH is 2. The highest BCUT2D eigenvalue weighted by molar-refractivity contribution is 5.89. The Bertz CT molecular complexity index is 1290. The summed E-state index contributed by atoms with van der Waals surface area (Å²) in [5.74, 6) is 1.27. The quantitative estimate of drug-likeness (QED) is 0.382. The molecule has 5 rings (SSSR count). The molecule has 3 heterocycles.